The highest BCUT2D eigenvalue weighted by molar-refractivity contribution is 6.31. The zero-order valence-electron chi connectivity index (χ0n) is 14.1. The molecule has 2 aromatic heterocycles. The van der Waals surface area contributed by atoms with E-state index in [-0.39, 0.29) is 5.76 Å². The highest BCUT2D eigenvalue weighted by Crippen LogP contribution is 2.23. The Morgan fingerprint density at radius 1 is 1.12 bits per heavy atom. The smallest absolute Gasteiger partial charge is 0.307 e. The topological polar surface area (TPSA) is 71.0 Å². The van der Waals surface area contributed by atoms with Crippen LogP contribution < -0.4 is 10.3 Å². The van der Waals surface area contributed by atoms with Crippen molar-refractivity contribution in [1.82, 2.24) is 5.43 Å². The van der Waals surface area contributed by atoms with Crippen LogP contribution in [0.5, 0.6) is 0 Å². The van der Waals surface area contributed by atoms with Gasteiger partial charge in [-0.05, 0) is 49.6 Å². The number of furan rings is 2. The van der Waals surface area contributed by atoms with Crippen molar-refractivity contribution in [1.29, 1.82) is 0 Å². The standard InChI is InChI=1S/C19H18ClN3O3/c20-14-4-6-16-13(10-14)11-17(26-16)19(24)22-21-12-15-5-7-18(25-15)23-8-2-1-3-9-23/h4-7,10-12H,1-3,8-9H2,(H,22,24)/b21-12+. The molecule has 0 radical (unpaired) electrons. The zero-order chi connectivity index (χ0) is 17.9. The maximum Gasteiger partial charge on any atom is 0.307 e. The van der Waals surface area contributed by atoms with E-state index in [9.17, 15) is 4.79 Å². The number of anilines is 1. The molecule has 7 heteroatoms. The zero-order valence-corrected chi connectivity index (χ0v) is 14.8. The highest BCUT2D eigenvalue weighted by atomic mass is 35.5. The summed E-state index contributed by atoms with van der Waals surface area (Å²) in [5.41, 5.74) is 3.04. The summed E-state index contributed by atoms with van der Waals surface area (Å²) in [5, 5.41) is 5.30. The molecule has 1 amide bonds. The number of nitrogens with zero attached hydrogens (tertiary/aromatic N) is 2. The van der Waals surface area contributed by atoms with Crippen LogP contribution in [0.3, 0.4) is 0 Å². The minimum Gasteiger partial charge on any atom is -0.451 e. The lowest BCUT2D eigenvalue weighted by Crippen LogP contribution is -2.28. The monoisotopic (exact) mass is 371 g/mol. The van der Waals surface area contributed by atoms with Crippen LogP contribution in [0.15, 0.2) is 50.3 Å². The van der Waals surface area contributed by atoms with E-state index in [0.29, 0.717) is 16.4 Å². The fourth-order valence-corrected chi connectivity index (χ4v) is 3.21. The Morgan fingerprint density at radius 2 is 1.96 bits per heavy atom. The first-order valence-electron chi connectivity index (χ1n) is 8.56. The van der Waals surface area contributed by atoms with Crippen LogP contribution in [0.2, 0.25) is 5.02 Å². The number of amides is 1. The summed E-state index contributed by atoms with van der Waals surface area (Å²) in [4.78, 5) is 14.4. The number of nitrogens with one attached hydrogen (secondary N) is 1. The predicted molar refractivity (Wildman–Crippen MR) is 101 cm³/mol. The number of hydrogen-bond donors (Lipinski definition) is 1. The van der Waals surface area contributed by atoms with E-state index in [0.717, 1.165) is 24.4 Å². The molecule has 26 heavy (non-hydrogen) atoms. The lowest BCUT2D eigenvalue weighted by molar-refractivity contribution is 0.0929. The number of halogens is 1. The minimum absolute atomic E-state index is 0.174. The molecular formula is C19H18ClN3O3. The molecule has 6 nitrogen and oxygen atoms in total. The minimum atomic E-state index is -0.434. The van der Waals surface area contributed by atoms with Gasteiger partial charge in [-0.15, -0.1) is 0 Å². The molecule has 1 N–H and O–H groups in total. The second-order valence-corrected chi connectivity index (χ2v) is 6.65. The Kier molecular flexibility index (Phi) is 4.67. The van der Waals surface area contributed by atoms with Gasteiger partial charge in [-0.3, -0.25) is 4.79 Å². The normalized spacial score (nSPS) is 15.0. The average molecular weight is 372 g/mol. The van der Waals surface area contributed by atoms with Crippen molar-refractivity contribution in [2.75, 3.05) is 18.0 Å². The van der Waals surface area contributed by atoms with Crippen molar-refractivity contribution < 1.29 is 13.6 Å². The van der Waals surface area contributed by atoms with Gasteiger partial charge < -0.3 is 13.7 Å². The SMILES string of the molecule is O=C(N/N=C/c1ccc(N2CCCCC2)o1)c1cc2cc(Cl)ccc2o1. The molecule has 134 valence electrons. The Morgan fingerprint density at radius 3 is 2.81 bits per heavy atom. The van der Waals surface area contributed by atoms with Gasteiger partial charge in [0.25, 0.3) is 0 Å². The number of piperidine rings is 1. The second-order valence-electron chi connectivity index (χ2n) is 6.22. The number of fused-ring (bicyclic) bond motifs is 1. The molecule has 3 heterocycles. The van der Waals surface area contributed by atoms with Gasteiger partial charge in [0.15, 0.2) is 11.6 Å². The predicted octanol–water partition coefficient (Wildman–Crippen LogP) is 4.43. The van der Waals surface area contributed by atoms with Gasteiger partial charge >= 0.3 is 5.91 Å². The molecular weight excluding hydrogens is 354 g/mol. The largest absolute Gasteiger partial charge is 0.451 e. The van der Waals surface area contributed by atoms with Crippen LogP contribution in [-0.2, 0) is 0 Å². The molecule has 1 fully saturated rings. The molecule has 1 aromatic carbocycles. The van der Waals surface area contributed by atoms with Gasteiger partial charge in [0.05, 0.1) is 6.21 Å². The summed E-state index contributed by atoms with van der Waals surface area (Å²) < 4.78 is 11.3. The molecule has 1 saturated heterocycles. The van der Waals surface area contributed by atoms with E-state index >= 15 is 0 Å². The quantitative estimate of drug-likeness (QED) is 0.544. The molecule has 0 spiro atoms. The number of carbonyl (C=O) groups is 1. The summed E-state index contributed by atoms with van der Waals surface area (Å²) in [6, 6.07) is 10.6. The first kappa shape index (κ1) is 16.7. The maximum absolute atomic E-state index is 12.2. The average Bonchev–Trinajstić information content (AvgIpc) is 3.29. The molecule has 1 aliphatic rings. The van der Waals surface area contributed by atoms with Gasteiger partial charge in [-0.25, -0.2) is 5.43 Å². The summed E-state index contributed by atoms with van der Waals surface area (Å²) >= 11 is 5.94. The molecule has 0 unspecified atom stereocenters. The van der Waals surface area contributed by atoms with Crippen molar-refractivity contribution in [2.45, 2.75) is 19.3 Å². The molecule has 1 aliphatic heterocycles. The van der Waals surface area contributed by atoms with E-state index in [1.165, 1.54) is 25.5 Å². The summed E-state index contributed by atoms with van der Waals surface area (Å²) in [7, 11) is 0. The van der Waals surface area contributed by atoms with Gasteiger partial charge in [-0.2, -0.15) is 5.10 Å². The number of rotatable bonds is 4. The fourth-order valence-electron chi connectivity index (χ4n) is 3.03. The first-order valence-corrected chi connectivity index (χ1v) is 8.94. The van der Waals surface area contributed by atoms with Crippen molar-refractivity contribution in [3.05, 3.63) is 52.9 Å². The second kappa shape index (κ2) is 7.25. The third kappa shape index (κ3) is 3.60. The molecule has 4 rings (SSSR count). The van der Waals surface area contributed by atoms with Crippen molar-refractivity contribution in [3.63, 3.8) is 0 Å². The Hall–Kier alpha value is -2.73. The Bertz CT molecular complexity index is 954. The number of hydrazone groups is 1. The van der Waals surface area contributed by atoms with Crippen LogP contribution >= 0.6 is 11.6 Å². The Balaban J connectivity index is 1.39. The molecule has 0 aliphatic carbocycles. The van der Waals surface area contributed by atoms with Crippen molar-refractivity contribution in [3.8, 4) is 0 Å². The molecule has 0 bridgehead atoms. The van der Waals surface area contributed by atoms with E-state index in [1.54, 1.807) is 24.3 Å². The lowest BCUT2D eigenvalue weighted by atomic mass is 10.1. The third-order valence-corrected chi connectivity index (χ3v) is 4.58. The third-order valence-electron chi connectivity index (χ3n) is 4.34. The first-order chi connectivity index (χ1) is 12.7. The number of hydrogen-bond acceptors (Lipinski definition) is 5. The molecule has 3 aromatic rings. The lowest BCUT2D eigenvalue weighted by Gasteiger charge is -2.25. The van der Waals surface area contributed by atoms with Crippen LogP contribution in [0.4, 0.5) is 5.88 Å². The van der Waals surface area contributed by atoms with Crippen LogP contribution in [0, 0.1) is 0 Å². The fraction of sp³-hybridized carbons (Fsp3) is 0.263. The number of benzene rings is 1. The Labute approximate surface area is 155 Å². The van der Waals surface area contributed by atoms with E-state index in [1.807, 2.05) is 12.1 Å². The van der Waals surface area contributed by atoms with Crippen LogP contribution in [0.25, 0.3) is 11.0 Å². The molecule has 0 atom stereocenters. The number of carbonyl (C=O) groups excluding carboxylic acids is 1. The van der Waals surface area contributed by atoms with Crippen molar-refractivity contribution in [2.24, 2.45) is 5.10 Å². The van der Waals surface area contributed by atoms with Gasteiger partial charge in [0.1, 0.15) is 11.3 Å². The maximum atomic E-state index is 12.2. The van der Waals surface area contributed by atoms with Gasteiger partial charge in [0, 0.05) is 29.6 Å². The van der Waals surface area contributed by atoms with Gasteiger partial charge in [0.2, 0.25) is 0 Å². The van der Waals surface area contributed by atoms with E-state index < -0.39 is 5.91 Å². The van der Waals surface area contributed by atoms with E-state index in [4.69, 9.17) is 20.4 Å². The summed E-state index contributed by atoms with van der Waals surface area (Å²) in [6.45, 7) is 2.02. The van der Waals surface area contributed by atoms with E-state index in [2.05, 4.69) is 15.4 Å². The van der Waals surface area contributed by atoms with Crippen molar-refractivity contribution >= 4 is 40.6 Å². The summed E-state index contributed by atoms with van der Waals surface area (Å²) in [6.07, 6.45) is 5.11. The van der Waals surface area contributed by atoms with Gasteiger partial charge in [-0.1, -0.05) is 11.6 Å². The summed E-state index contributed by atoms with van der Waals surface area (Å²) in [5.74, 6) is 1.16. The van der Waals surface area contributed by atoms with Crippen LogP contribution in [-0.4, -0.2) is 25.2 Å². The molecule has 0 saturated carbocycles. The highest BCUT2D eigenvalue weighted by Gasteiger charge is 2.14. The van der Waals surface area contributed by atoms with Crippen LogP contribution in [0.1, 0.15) is 35.6 Å².